The van der Waals surface area contributed by atoms with E-state index >= 15 is 0 Å². The third-order valence-electron chi connectivity index (χ3n) is 4.26. The highest BCUT2D eigenvalue weighted by atomic mass is 32.2. The lowest BCUT2D eigenvalue weighted by Gasteiger charge is -2.23. The van der Waals surface area contributed by atoms with Crippen LogP contribution in [0.25, 0.3) is 0 Å². The van der Waals surface area contributed by atoms with Gasteiger partial charge in [-0.15, -0.1) is 0 Å². The predicted octanol–water partition coefficient (Wildman–Crippen LogP) is 2.15. The number of anilines is 1. The number of nitrogens with one attached hydrogen (secondary N) is 3. The van der Waals surface area contributed by atoms with Gasteiger partial charge in [0.1, 0.15) is 6.04 Å². The average Bonchev–Trinajstić information content (AvgIpc) is 2.90. The van der Waals surface area contributed by atoms with Crippen LogP contribution in [-0.4, -0.2) is 43.9 Å². The largest absolute Gasteiger partial charge is 0.416 e. The molecule has 0 saturated carbocycles. The van der Waals surface area contributed by atoms with Crippen molar-refractivity contribution in [3.05, 3.63) is 29.8 Å². The number of rotatable bonds is 5. The molecule has 7 nitrogen and oxygen atoms in total. The lowest BCUT2D eigenvalue weighted by atomic mass is 10.0. The molecule has 156 valence electrons. The number of hydrogen-bond acceptors (Lipinski definition) is 4. The normalized spacial score (nSPS) is 19.9. The first-order valence-corrected chi connectivity index (χ1v) is 10.4. The van der Waals surface area contributed by atoms with Crippen LogP contribution in [0.2, 0.25) is 0 Å². The number of hydrogen-bond donors (Lipinski definition) is 3. The molecule has 0 aliphatic carbocycles. The molecule has 0 unspecified atom stereocenters. The SMILES string of the molecule is CC(C)[C@H](NC(=O)N[C@@H]1CCS(=O)(=O)C1)C(=O)Nc1cccc(C(F)(F)F)c1. The van der Waals surface area contributed by atoms with E-state index in [0.717, 1.165) is 12.1 Å². The van der Waals surface area contributed by atoms with Gasteiger partial charge >= 0.3 is 12.2 Å². The Hall–Kier alpha value is -2.30. The summed E-state index contributed by atoms with van der Waals surface area (Å²) in [5, 5.41) is 7.34. The Morgan fingerprint density at radius 3 is 2.43 bits per heavy atom. The minimum absolute atomic E-state index is 0.0123. The maximum absolute atomic E-state index is 12.8. The number of carbonyl (C=O) groups excluding carboxylic acids is 2. The fourth-order valence-corrected chi connectivity index (χ4v) is 4.48. The molecule has 28 heavy (non-hydrogen) atoms. The van der Waals surface area contributed by atoms with Gasteiger partial charge in [-0.3, -0.25) is 4.79 Å². The zero-order chi connectivity index (χ0) is 21.1. The molecule has 0 spiro atoms. The van der Waals surface area contributed by atoms with Crippen molar-refractivity contribution in [2.75, 3.05) is 16.8 Å². The molecular weight excluding hydrogens is 399 g/mol. The third-order valence-corrected chi connectivity index (χ3v) is 6.03. The third kappa shape index (κ3) is 6.11. The molecule has 2 rings (SSSR count). The summed E-state index contributed by atoms with van der Waals surface area (Å²) in [4.78, 5) is 24.6. The van der Waals surface area contributed by atoms with Crippen LogP contribution < -0.4 is 16.0 Å². The molecule has 0 aromatic heterocycles. The smallest absolute Gasteiger partial charge is 0.334 e. The number of carbonyl (C=O) groups is 2. The summed E-state index contributed by atoms with van der Waals surface area (Å²) < 4.78 is 61.3. The fraction of sp³-hybridized carbons (Fsp3) is 0.529. The summed E-state index contributed by atoms with van der Waals surface area (Å²) in [7, 11) is -3.17. The number of halogens is 3. The van der Waals surface area contributed by atoms with Crippen LogP contribution in [0.1, 0.15) is 25.8 Å². The van der Waals surface area contributed by atoms with Crippen LogP contribution in [0, 0.1) is 5.92 Å². The summed E-state index contributed by atoms with van der Waals surface area (Å²) in [6.45, 7) is 3.33. The molecule has 1 aromatic carbocycles. The Kier molecular flexibility index (Phi) is 6.58. The van der Waals surface area contributed by atoms with E-state index in [1.54, 1.807) is 13.8 Å². The molecule has 1 aliphatic heterocycles. The average molecular weight is 421 g/mol. The lowest BCUT2D eigenvalue weighted by Crippen LogP contribution is -2.52. The Morgan fingerprint density at radius 2 is 1.89 bits per heavy atom. The Labute approximate surface area is 161 Å². The molecule has 3 amide bonds. The fourth-order valence-electron chi connectivity index (χ4n) is 2.81. The molecule has 3 N–H and O–H groups in total. The molecule has 0 bridgehead atoms. The second kappa shape index (κ2) is 8.38. The van der Waals surface area contributed by atoms with Crippen LogP contribution in [0.4, 0.5) is 23.7 Å². The van der Waals surface area contributed by atoms with Gasteiger partial charge in [0, 0.05) is 11.7 Å². The van der Waals surface area contributed by atoms with E-state index in [2.05, 4.69) is 16.0 Å². The molecule has 1 heterocycles. The first-order valence-electron chi connectivity index (χ1n) is 8.63. The van der Waals surface area contributed by atoms with Gasteiger partial charge in [-0.1, -0.05) is 19.9 Å². The standard InChI is InChI=1S/C17H22F3N3O4S/c1-10(2)14(23-16(25)22-13-6-7-28(26,27)9-13)15(24)21-12-5-3-4-11(8-12)17(18,19)20/h3-5,8,10,13-14H,6-7,9H2,1-2H3,(H,21,24)(H2,22,23,25)/t13-,14+/m1/s1. The second-order valence-corrected chi connectivity index (χ2v) is 9.24. The maximum atomic E-state index is 12.8. The molecular formula is C17H22F3N3O4S. The number of alkyl halides is 3. The van der Waals surface area contributed by atoms with Crippen molar-refractivity contribution in [3.63, 3.8) is 0 Å². The van der Waals surface area contributed by atoms with Gasteiger partial charge in [-0.05, 0) is 30.5 Å². The molecule has 0 radical (unpaired) electrons. The van der Waals surface area contributed by atoms with Gasteiger partial charge in [0.25, 0.3) is 0 Å². The highest BCUT2D eigenvalue weighted by Crippen LogP contribution is 2.30. The maximum Gasteiger partial charge on any atom is 0.416 e. The van der Waals surface area contributed by atoms with E-state index in [9.17, 15) is 31.2 Å². The number of amides is 3. The van der Waals surface area contributed by atoms with Gasteiger partial charge in [0.2, 0.25) is 5.91 Å². The summed E-state index contributed by atoms with van der Waals surface area (Å²) >= 11 is 0. The van der Waals surface area contributed by atoms with Crippen LogP contribution in [0.15, 0.2) is 24.3 Å². The monoisotopic (exact) mass is 421 g/mol. The van der Waals surface area contributed by atoms with E-state index in [1.807, 2.05) is 0 Å². The number of sulfone groups is 1. The molecule has 1 saturated heterocycles. The molecule has 1 aromatic rings. The van der Waals surface area contributed by atoms with Crippen molar-refractivity contribution in [1.82, 2.24) is 10.6 Å². The van der Waals surface area contributed by atoms with E-state index in [1.165, 1.54) is 12.1 Å². The minimum atomic E-state index is -4.54. The van der Waals surface area contributed by atoms with Crippen LogP contribution in [-0.2, 0) is 20.8 Å². The Bertz CT molecular complexity index is 840. The van der Waals surface area contributed by atoms with Crippen molar-refractivity contribution in [2.45, 2.75) is 38.5 Å². The first-order chi connectivity index (χ1) is 12.9. The lowest BCUT2D eigenvalue weighted by molar-refractivity contribution is -0.137. The summed E-state index contributed by atoms with van der Waals surface area (Å²) in [6, 6.07) is 1.91. The molecule has 1 aliphatic rings. The van der Waals surface area contributed by atoms with Crippen LogP contribution in [0.5, 0.6) is 0 Å². The zero-order valence-electron chi connectivity index (χ0n) is 15.3. The topological polar surface area (TPSA) is 104 Å². The van der Waals surface area contributed by atoms with E-state index in [0.29, 0.717) is 6.42 Å². The number of benzene rings is 1. The van der Waals surface area contributed by atoms with Gasteiger partial charge in [0.15, 0.2) is 9.84 Å². The summed E-state index contributed by atoms with van der Waals surface area (Å²) in [6.07, 6.45) is -4.25. The Balaban J connectivity index is 2.01. The zero-order valence-corrected chi connectivity index (χ0v) is 16.2. The minimum Gasteiger partial charge on any atom is -0.334 e. The van der Waals surface area contributed by atoms with Gasteiger partial charge < -0.3 is 16.0 Å². The van der Waals surface area contributed by atoms with Gasteiger partial charge in [-0.25, -0.2) is 13.2 Å². The van der Waals surface area contributed by atoms with Crippen LogP contribution >= 0.6 is 0 Å². The van der Waals surface area contributed by atoms with Crippen molar-refractivity contribution in [2.24, 2.45) is 5.92 Å². The van der Waals surface area contributed by atoms with Crippen LogP contribution in [0.3, 0.4) is 0 Å². The van der Waals surface area contributed by atoms with Gasteiger partial charge in [-0.2, -0.15) is 13.2 Å². The highest BCUT2D eigenvalue weighted by Gasteiger charge is 2.32. The molecule has 11 heteroatoms. The van der Waals surface area contributed by atoms with E-state index < -0.39 is 45.6 Å². The molecule has 2 atom stereocenters. The number of urea groups is 1. The van der Waals surface area contributed by atoms with Crippen molar-refractivity contribution in [3.8, 4) is 0 Å². The summed E-state index contributed by atoms with van der Waals surface area (Å²) in [5.41, 5.74) is -0.950. The second-order valence-electron chi connectivity index (χ2n) is 7.01. The van der Waals surface area contributed by atoms with E-state index in [4.69, 9.17) is 0 Å². The molecule has 1 fully saturated rings. The van der Waals surface area contributed by atoms with Crippen molar-refractivity contribution >= 4 is 27.5 Å². The van der Waals surface area contributed by atoms with Crippen molar-refractivity contribution in [1.29, 1.82) is 0 Å². The van der Waals surface area contributed by atoms with Crippen molar-refractivity contribution < 1.29 is 31.2 Å². The first kappa shape index (κ1) is 22.0. The highest BCUT2D eigenvalue weighted by molar-refractivity contribution is 7.91. The van der Waals surface area contributed by atoms with E-state index in [-0.39, 0.29) is 23.1 Å². The van der Waals surface area contributed by atoms with Gasteiger partial charge in [0.05, 0.1) is 17.1 Å². The summed E-state index contributed by atoms with van der Waals surface area (Å²) in [5.74, 6) is -1.21. The quantitative estimate of drug-likeness (QED) is 0.678. The Morgan fingerprint density at radius 1 is 1.21 bits per heavy atom. The predicted molar refractivity (Wildman–Crippen MR) is 97.4 cm³/mol.